The van der Waals surface area contributed by atoms with Gasteiger partial charge in [-0.25, -0.2) is 0 Å². The van der Waals surface area contributed by atoms with Gasteiger partial charge >= 0.3 is 0 Å². The molecule has 1 heterocycles. The van der Waals surface area contributed by atoms with E-state index in [1.807, 2.05) is 20.8 Å². The van der Waals surface area contributed by atoms with E-state index >= 15 is 0 Å². The van der Waals surface area contributed by atoms with Gasteiger partial charge in [0.25, 0.3) is 0 Å². The number of hydrogen-bond donors (Lipinski definition) is 2. The third-order valence-corrected chi connectivity index (χ3v) is 4.33. The second-order valence-corrected chi connectivity index (χ2v) is 7.05. The largest absolute Gasteiger partial charge is 0.490 e. The number of rotatable bonds is 5. The van der Waals surface area contributed by atoms with E-state index < -0.39 is 0 Å². The number of carbonyl (C=O) groups excluding carboxylic acids is 1. The number of nitrogens with one attached hydrogen (secondary N) is 2. The summed E-state index contributed by atoms with van der Waals surface area (Å²) in [6, 6.07) is 7.12. The summed E-state index contributed by atoms with van der Waals surface area (Å²) in [5.74, 6) is 0.361. The Morgan fingerprint density at radius 3 is 2.83 bits per heavy atom. The molecule has 2 aromatic rings. The van der Waals surface area contributed by atoms with Gasteiger partial charge in [0, 0.05) is 16.3 Å². The molecule has 0 saturated heterocycles. The Morgan fingerprint density at radius 2 is 2.26 bits per heavy atom. The first-order chi connectivity index (χ1) is 10.9. The number of anilines is 1. The van der Waals surface area contributed by atoms with E-state index in [9.17, 15) is 10.1 Å². The number of nitrogens with zero attached hydrogens (tertiary/aromatic N) is 1. The van der Waals surface area contributed by atoms with Crippen LogP contribution >= 0.6 is 23.6 Å². The highest BCUT2D eigenvalue weighted by Gasteiger charge is 2.11. The fourth-order valence-electron chi connectivity index (χ4n) is 2.01. The predicted octanol–water partition coefficient (Wildman–Crippen LogP) is 3.95. The third-order valence-electron chi connectivity index (χ3n) is 2.99. The summed E-state index contributed by atoms with van der Waals surface area (Å²) in [7, 11) is 0. The number of carbonyl (C=O) groups is 1. The van der Waals surface area contributed by atoms with E-state index in [0.717, 1.165) is 10.6 Å². The molecule has 23 heavy (non-hydrogen) atoms. The van der Waals surface area contributed by atoms with E-state index in [-0.39, 0.29) is 18.4 Å². The number of aromatic amines is 1. The van der Waals surface area contributed by atoms with Gasteiger partial charge in [-0.15, -0.1) is 11.3 Å². The Labute approximate surface area is 143 Å². The van der Waals surface area contributed by atoms with E-state index in [1.54, 1.807) is 18.2 Å². The van der Waals surface area contributed by atoms with Crippen LogP contribution in [0, 0.1) is 22.2 Å². The number of aryl methyl sites for hydroxylation is 1. The molecule has 0 aliphatic rings. The Kier molecular flexibility index (Phi) is 5.53. The summed E-state index contributed by atoms with van der Waals surface area (Å²) < 4.78 is 6.22. The van der Waals surface area contributed by atoms with Gasteiger partial charge in [-0.1, -0.05) is 0 Å². The van der Waals surface area contributed by atoms with Crippen molar-refractivity contribution in [1.29, 1.82) is 5.26 Å². The number of H-pyrrole nitrogens is 1. The maximum absolute atomic E-state index is 12.1. The molecule has 1 aromatic heterocycles. The minimum Gasteiger partial charge on any atom is -0.490 e. The normalized spacial score (nSPS) is 10.4. The minimum atomic E-state index is -0.153. The number of aromatic nitrogens is 1. The Hall–Kier alpha value is -2.17. The standard InChI is InChI=1S/C16H17N3O2S2/c1-9(2)21-13-5-4-12(6-11(13)8-17)19-15(20)7-14-10(3)18-16(22)23-14/h4-6,9H,7H2,1-3H3,(H,18,22)(H,19,20). The van der Waals surface area contributed by atoms with Crippen molar-refractivity contribution < 1.29 is 9.53 Å². The molecule has 0 unspecified atom stereocenters. The average Bonchev–Trinajstić information content (AvgIpc) is 2.77. The molecule has 1 amide bonds. The number of benzene rings is 1. The smallest absolute Gasteiger partial charge is 0.229 e. The SMILES string of the molecule is Cc1[nH]c(=S)sc1CC(=O)Nc1ccc(OC(C)C)c(C#N)c1. The highest BCUT2D eigenvalue weighted by atomic mass is 32.1. The molecule has 0 fully saturated rings. The molecule has 0 atom stereocenters. The molecule has 0 bridgehead atoms. The van der Waals surface area contributed by atoms with E-state index in [0.29, 0.717) is 21.0 Å². The molecule has 0 saturated carbocycles. The van der Waals surface area contributed by atoms with Crippen molar-refractivity contribution >= 4 is 35.1 Å². The lowest BCUT2D eigenvalue weighted by Crippen LogP contribution is -2.14. The molecule has 0 spiro atoms. The molecule has 2 rings (SSSR count). The highest BCUT2D eigenvalue weighted by molar-refractivity contribution is 7.73. The lowest BCUT2D eigenvalue weighted by molar-refractivity contribution is -0.115. The van der Waals surface area contributed by atoms with Gasteiger partial charge in [0.15, 0.2) is 3.95 Å². The van der Waals surface area contributed by atoms with Gasteiger partial charge < -0.3 is 15.0 Å². The summed E-state index contributed by atoms with van der Waals surface area (Å²) in [4.78, 5) is 16.1. The van der Waals surface area contributed by atoms with Gasteiger partial charge in [0.2, 0.25) is 5.91 Å². The average molecular weight is 347 g/mol. The minimum absolute atomic E-state index is 0.0202. The monoisotopic (exact) mass is 347 g/mol. The first-order valence-corrected chi connectivity index (χ1v) is 8.30. The summed E-state index contributed by atoms with van der Waals surface area (Å²) in [6.45, 7) is 5.68. The molecule has 0 aliphatic heterocycles. The van der Waals surface area contributed by atoms with E-state index in [1.165, 1.54) is 11.3 Å². The van der Waals surface area contributed by atoms with Crippen LogP contribution in [0.4, 0.5) is 5.69 Å². The van der Waals surface area contributed by atoms with Crippen LogP contribution in [0.3, 0.4) is 0 Å². The van der Waals surface area contributed by atoms with Crippen LogP contribution in [0.15, 0.2) is 18.2 Å². The highest BCUT2D eigenvalue weighted by Crippen LogP contribution is 2.23. The Morgan fingerprint density at radius 1 is 1.52 bits per heavy atom. The topological polar surface area (TPSA) is 77.9 Å². The maximum Gasteiger partial charge on any atom is 0.229 e. The quantitative estimate of drug-likeness (QED) is 0.803. The molecule has 0 radical (unpaired) electrons. The van der Waals surface area contributed by atoms with Crippen molar-refractivity contribution in [3.8, 4) is 11.8 Å². The van der Waals surface area contributed by atoms with Gasteiger partial charge in [0.05, 0.1) is 18.1 Å². The van der Waals surface area contributed by atoms with Crippen molar-refractivity contribution in [2.75, 3.05) is 5.32 Å². The lowest BCUT2D eigenvalue weighted by Gasteiger charge is -2.12. The molecular formula is C16H17N3O2S2. The Balaban J connectivity index is 2.11. The number of thiazole rings is 1. The van der Waals surface area contributed by atoms with E-state index in [2.05, 4.69) is 16.4 Å². The van der Waals surface area contributed by atoms with Crippen molar-refractivity contribution in [2.45, 2.75) is 33.3 Å². The Bertz CT molecular complexity index is 815. The summed E-state index contributed by atoms with van der Waals surface area (Å²) in [5, 5.41) is 12.0. The van der Waals surface area contributed by atoms with E-state index in [4.69, 9.17) is 17.0 Å². The molecule has 5 nitrogen and oxygen atoms in total. The first-order valence-electron chi connectivity index (χ1n) is 7.08. The molecule has 1 aromatic carbocycles. The maximum atomic E-state index is 12.1. The molecule has 7 heteroatoms. The van der Waals surface area contributed by atoms with Crippen LogP contribution in [0.5, 0.6) is 5.75 Å². The van der Waals surface area contributed by atoms with Crippen LogP contribution in [-0.4, -0.2) is 17.0 Å². The van der Waals surface area contributed by atoms with Gasteiger partial charge in [0.1, 0.15) is 11.8 Å². The summed E-state index contributed by atoms with van der Waals surface area (Å²) in [5.41, 5.74) is 1.87. The van der Waals surface area contributed by atoms with Crippen LogP contribution in [0.25, 0.3) is 0 Å². The zero-order chi connectivity index (χ0) is 17.0. The van der Waals surface area contributed by atoms with Crippen LogP contribution < -0.4 is 10.1 Å². The molecular weight excluding hydrogens is 330 g/mol. The molecule has 0 aliphatic carbocycles. The first kappa shape index (κ1) is 17.2. The van der Waals surface area contributed by atoms with Crippen LogP contribution in [-0.2, 0) is 11.2 Å². The number of nitriles is 1. The van der Waals surface area contributed by atoms with Crippen LogP contribution in [0.2, 0.25) is 0 Å². The van der Waals surface area contributed by atoms with Crippen molar-refractivity contribution in [3.63, 3.8) is 0 Å². The fourth-order valence-corrected chi connectivity index (χ4v) is 3.30. The predicted molar refractivity (Wildman–Crippen MR) is 93.5 cm³/mol. The second-order valence-electron chi connectivity index (χ2n) is 5.28. The van der Waals surface area contributed by atoms with Crippen LogP contribution in [0.1, 0.15) is 30.0 Å². The molecule has 120 valence electrons. The zero-order valence-electron chi connectivity index (χ0n) is 13.1. The number of amides is 1. The van der Waals surface area contributed by atoms with Gasteiger partial charge in [-0.3, -0.25) is 4.79 Å². The zero-order valence-corrected chi connectivity index (χ0v) is 14.7. The third kappa shape index (κ3) is 4.65. The second kappa shape index (κ2) is 7.40. The number of ether oxygens (including phenoxy) is 1. The molecule has 2 N–H and O–H groups in total. The number of hydrogen-bond acceptors (Lipinski definition) is 5. The van der Waals surface area contributed by atoms with Gasteiger partial charge in [-0.2, -0.15) is 5.26 Å². The fraction of sp³-hybridized carbons (Fsp3) is 0.312. The van der Waals surface area contributed by atoms with Gasteiger partial charge in [-0.05, 0) is 51.2 Å². The van der Waals surface area contributed by atoms with Crippen molar-refractivity contribution in [2.24, 2.45) is 0 Å². The summed E-state index contributed by atoms with van der Waals surface area (Å²) in [6.07, 6.45) is 0.226. The van der Waals surface area contributed by atoms with Crippen molar-refractivity contribution in [1.82, 2.24) is 4.98 Å². The lowest BCUT2D eigenvalue weighted by atomic mass is 10.2. The van der Waals surface area contributed by atoms with Crippen molar-refractivity contribution in [3.05, 3.63) is 38.3 Å². The summed E-state index contributed by atoms with van der Waals surface area (Å²) >= 11 is 6.46.